The first kappa shape index (κ1) is 9.45. The minimum atomic E-state index is -0.509. The highest BCUT2D eigenvalue weighted by molar-refractivity contribution is 5.71. The number of nitrogens with two attached hydrogens (primary N) is 1. The third-order valence-corrected chi connectivity index (χ3v) is 2.07. The Balaban J connectivity index is 2.64. The standard InChI is InChI=1S/C11H9FN2O/c12-9-6-14-11(13)5-8(9)7-3-1-2-4-10(7)15/h1-6,15H,(H2,13,14). The summed E-state index contributed by atoms with van der Waals surface area (Å²) in [7, 11) is 0. The van der Waals surface area contributed by atoms with Crippen LogP contribution < -0.4 is 5.73 Å². The second-order valence-electron chi connectivity index (χ2n) is 3.11. The normalized spacial score (nSPS) is 10.2. The van der Waals surface area contributed by atoms with Crippen molar-refractivity contribution in [1.29, 1.82) is 0 Å². The smallest absolute Gasteiger partial charge is 0.149 e. The number of nitrogen functional groups attached to an aromatic ring is 1. The van der Waals surface area contributed by atoms with Gasteiger partial charge < -0.3 is 10.8 Å². The Morgan fingerprint density at radius 2 is 1.93 bits per heavy atom. The minimum absolute atomic E-state index is 0.0157. The molecule has 0 aliphatic rings. The highest BCUT2D eigenvalue weighted by atomic mass is 19.1. The molecule has 0 unspecified atom stereocenters. The Labute approximate surface area is 86.0 Å². The number of rotatable bonds is 1. The first-order valence-electron chi connectivity index (χ1n) is 4.38. The molecule has 0 amide bonds. The number of hydrogen-bond acceptors (Lipinski definition) is 3. The van der Waals surface area contributed by atoms with Gasteiger partial charge in [0.2, 0.25) is 0 Å². The maximum absolute atomic E-state index is 13.4. The van der Waals surface area contributed by atoms with Crippen LogP contribution in [0.4, 0.5) is 10.2 Å². The number of anilines is 1. The van der Waals surface area contributed by atoms with E-state index in [0.717, 1.165) is 6.20 Å². The van der Waals surface area contributed by atoms with Gasteiger partial charge >= 0.3 is 0 Å². The molecule has 0 fully saturated rings. The topological polar surface area (TPSA) is 59.1 Å². The summed E-state index contributed by atoms with van der Waals surface area (Å²) in [5.74, 6) is -0.276. The molecule has 0 aliphatic heterocycles. The summed E-state index contributed by atoms with van der Waals surface area (Å²) in [6.07, 6.45) is 1.04. The van der Waals surface area contributed by atoms with Gasteiger partial charge in [-0.15, -0.1) is 0 Å². The lowest BCUT2D eigenvalue weighted by Gasteiger charge is -2.05. The number of phenolic OH excluding ortho intramolecular Hbond substituents is 1. The lowest BCUT2D eigenvalue weighted by molar-refractivity contribution is 0.476. The summed E-state index contributed by atoms with van der Waals surface area (Å²) in [6, 6.07) is 7.88. The minimum Gasteiger partial charge on any atom is -0.507 e. The molecule has 3 nitrogen and oxygen atoms in total. The van der Waals surface area contributed by atoms with Crippen molar-refractivity contribution >= 4 is 5.82 Å². The molecular formula is C11H9FN2O. The van der Waals surface area contributed by atoms with Gasteiger partial charge in [-0.25, -0.2) is 9.37 Å². The summed E-state index contributed by atoms with van der Waals surface area (Å²) in [6.45, 7) is 0. The number of phenols is 1. The summed E-state index contributed by atoms with van der Waals surface area (Å²) in [5.41, 5.74) is 6.11. The predicted octanol–water partition coefficient (Wildman–Crippen LogP) is 2.18. The van der Waals surface area contributed by atoms with Crippen LogP contribution in [0.2, 0.25) is 0 Å². The molecule has 15 heavy (non-hydrogen) atoms. The molecule has 3 N–H and O–H groups in total. The Hall–Kier alpha value is -2.10. The fourth-order valence-corrected chi connectivity index (χ4v) is 1.36. The van der Waals surface area contributed by atoms with Crippen molar-refractivity contribution in [3.8, 4) is 16.9 Å². The number of aromatic hydroxyl groups is 1. The van der Waals surface area contributed by atoms with Crippen molar-refractivity contribution in [2.24, 2.45) is 0 Å². The number of aromatic nitrogens is 1. The Bertz CT molecular complexity index is 500. The first-order chi connectivity index (χ1) is 7.18. The average molecular weight is 204 g/mol. The predicted molar refractivity (Wildman–Crippen MR) is 55.7 cm³/mol. The summed E-state index contributed by atoms with van der Waals surface area (Å²) < 4.78 is 13.4. The van der Waals surface area contributed by atoms with Gasteiger partial charge in [0, 0.05) is 11.1 Å². The molecule has 0 saturated carbocycles. The van der Waals surface area contributed by atoms with Crippen molar-refractivity contribution < 1.29 is 9.50 Å². The van der Waals surface area contributed by atoms with Crippen molar-refractivity contribution in [2.45, 2.75) is 0 Å². The molecule has 0 saturated heterocycles. The van der Waals surface area contributed by atoms with Crippen molar-refractivity contribution in [3.63, 3.8) is 0 Å². The largest absolute Gasteiger partial charge is 0.507 e. The van der Waals surface area contributed by atoms with Crippen molar-refractivity contribution in [2.75, 3.05) is 5.73 Å². The van der Waals surface area contributed by atoms with Crippen LogP contribution in [0.3, 0.4) is 0 Å². The van der Waals surface area contributed by atoms with E-state index in [4.69, 9.17) is 5.73 Å². The third kappa shape index (κ3) is 1.74. The molecule has 0 atom stereocenters. The van der Waals surface area contributed by atoms with Crippen molar-refractivity contribution in [3.05, 3.63) is 42.3 Å². The fourth-order valence-electron chi connectivity index (χ4n) is 1.36. The van der Waals surface area contributed by atoms with Crippen molar-refractivity contribution in [1.82, 2.24) is 4.98 Å². The SMILES string of the molecule is Nc1cc(-c2ccccc2O)c(F)cn1. The summed E-state index contributed by atoms with van der Waals surface area (Å²) in [5, 5.41) is 9.55. The first-order valence-corrected chi connectivity index (χ1v) is 4.38. The van der Waals surface area contributed by atoms with Gasteiger partial charge in [-0.2, -0.15) is 0 Å². The lowest BCUT2D eigenvalue weighted by atomic mass is 10.1. The van der Waals surface area contributed by atoms with Gasteiger partial charge in [-0.05, 0) is 12.1 Å². The number of hydrogen-bond donors (Lipinski definition) is 2. The number of benzene rings is 1. The fraction of sp³-hybridized carbons (Fsp3) is 0. The van der Waals surface area contributed by atoms with Crippen LogP contribution in [0, 0.1) is 5.82 Å². The second-order valence-corrected chi connectivity index (χ2v) is 3.11. The van der Waals surface area contributed by atoms with E-state index in [1.165, 1.54) is 12.1 Å². The van der Waals surface area contributed by atoms with Gasteiger partial charge in [-0.1, -0.05) is 18.2 Å². The molecule has 76 valence electrons. The third-order valence-electron chi connectivity index (χ3n) is 2.07. The van der Waals surface area contributed by atoms with Crippen LogP contribution in [0.15, 0.2) is 36.5 Å². The van der Waals surface area contributed by atoms with Gasteiger partial charge in [0.1, 0.15) is 17.4 Å². The quantitative estimate of drug-likeness (QED) is 0.748. The van der Waals surface area contributed by atoms with E-state index in [1.54, 1.807) is 18.2 Å². The van der Waals surface area contributed by atoms with Crippen LogP contribution in [0.1, 0.15) is 0 Å². The molecule has 4 heteroatoms. The molecular weight excluding hydrogens is 195 g/mol. The van der Waals surface area contributed by atoms with E-state index in [2.05, 4.69) is 4.98 Å². The lowest BCUT2D eigenvalue weighted by Crippen LogP contribution is -1.93. The monoisotopic (exact) mass is 204 g/mol. The van der Waals surface area contributed by atoms with Gasteiger partial charge in [0.25, 0.3) is 0 Å². The van der Waals surface area contributed by atoms with Crippen LogP contribution >= 0.6 is 0 Å². The molecule has 0 aliphatic carbocycles. The molecule has 0 spiro atoms. The number of para-hydroxylation sites is 1. The Morgan fingerprint density at radius 1 is 1.20 bits per heavy atom. The molecule has 2 rings (SSSR count). The zero-order valence-electron chi connectivity index (χ0n) is 7.81. The molecule has 1 aromatic carbocycles. The molecule has 0 radical (unpaired) electrons. The van der Waals surface area contributed by atoms with E-state index >= 15 is 0 Å². The highest BCUT2D eigenvalue weighted by Crippen LogP contribution is 2.30. The maximum atomic E-state index is 13.4. The van der Waals surface area contributed by atoms with Gasteiger partial charge in [0.05, 0.1) is 6.20 Å². The molecule has 0 bridgehead atoms. The summed E-state index contributed by atoms with van der Waals surface area (Å²) >= 11 is 0. The van der Waals surface area contributed by atoms with Crippen LogP contribution in [-0.2, 0) is 0 Å². The average Bonchev–Trinajstić information content (AvgIpc) is 2.23. The van der Waals surface area contributed by atoms with Crippen LogP contribution in [0.5, 0.6) is 5.75 Å². The highest BCUT2D eigenvalue weighted by Gasteiger charge is 2.09. The second kappa shape index (κ2) is 3.57. The number of pyridine rings is 1. The van der Waals surface area contributed by atoms with E-state index in [1.807, 2.05) is 0 Å². The van der Waals surface area contributed by atoms with Crippen LogP contribution in [-0.4, -0.2) is 10.1 Å². The van der Waals surface area contributed by atoms with Crippen LogP contribution in [0.25, 0.3) is 11.1 Å². The Kier molecular flexibility index (Phi) is 2.25. The maximum Gasteiger partial charge on any atom is 0.149 e. The van der Waals surface area contributed by atoms with E-state index in [-0.39, 0.29) is 17.1 Å². The molecule has 2 aromatic rings. The summed E-state index contributed by atoms with van der Waals surface area (Å²) in [4.78, 5) is 3.62. The van der Waals surface area contributed by atoms with E-state index < -0.39 is 5.82 Å². The Morgan fingerprint density at radius 3 is 2.67 bits per heavy atom. The zero-order valence-corrected chi connectivity index (χ0v) is 7.81. The number of nitrogens with zero attached hydrogens (tertiary/aromatic N) is 1. The molecule has 1 heterocycles. The van der Waals surface area contributed by atoms with E-state index in [9.17, 15) is 9.50 Å². The van der Waals surface area contributed by atoms with E-state index in [0.29, 0.717) is 5.56 Å². The number of halogens is 1. The van der Waals surface area contributed by atoms with Gasteiger partial charge in [-0.3, -0.25) is 0 Å². The molecule has 1 aromatic heterocycles. The van der Waals surface area contributed by atoms with Gasteiger partial charge in [0.15, 0.2) is 0 Å². The zero-order chi connectivity index (χ0) is 10.8.